The van der Waals surface area contributed by atoms with Crippen molar-refractivity contribution < 1.29 is 8.95 Å². The molecule has 0 heterocycles. The normalized spacial score (nSPS) is 20.7. The molecular formula is C22H38IN3O2S. The van der Waals surface area contributed by atoms with E-state index in [1.54, 1.807) is 0 Å². The fourth-order valence-electron chi connectivity index (χ4n) is 3.39. The first kappa shape index (κ1) is 26.2. The number of benzene rings is 1. The van der Waals surface area contributed by atoms with E-state index in [-0.39, 0.29) is 24.0 Å². The molecule has 0 saturated heterocycles. The molecule has 1 aliphatic carbocycles. The Bertz CT molecular complexity index is 637. The van der Waals surface area contributed by atoms with Crippen LogP contribution in [0.1, 0.15) is 58.9 Å². The van der Waals surface area contributed by atoms with E-state index < -0.39 is 10.8 Å². The first-order valence-corrected chi connectivity index (χ1v) is 12.0. The van der Waals surface area contributed by atoms with Crippen molar-refractivity contribution in [3.05, 3.63) is 29.8 Å². The van der Waals surface area contributed by atoms with Gasteiger partial charge in [-0.05, 0) is 49.8 Å². The Morgan fingerprint density at radius 3 is 2.59 bits per heavy atom. The van der Waals surface area contributed by atoms with Gasteiger partial charge in [0.25, 0.3) is 0 Å². The Hall–Kier alpha value is -0.830. The van der Waals surface area contributed by atoms with E-state index in [1.165, 1.54) is 0 Å². The fraction of sp³-hybridized carbons (Fsp3) is 0.682. The molecule has 0 bridgehead atoms. The summed E-state index contributed by atoms with van der Waals surface area (Å²) in [7, 11) is -0.706. The predicted octanol–water partition coefficient (Wildman–Crippen LogP) is 4.47. The second kappa shape index (κ2) is 14.2. The number of ether oxygens (including phenoxy) is 1. The molecule has 0 radical (unpaired) electrons. The first-order valence-electron chi connectivity index (χ1n) is 10.7. The van der Waals surface area contributed by atoms with E-state index in [1.807, 2.05) is 19.1 Å². The minimum atomic E-state index is -0.706. The van der Waals surface area contributed by atoms with Gasteiger partial charge in [-0.25, -0.2) is 4.99 Å². The van der Waals surface area contributed by atoms with Crippen molar-refractivity contribution in [2.24, 2.45) is 10.9 Å². The van der Waals surface area contributed by atoms with E-state index in [9.17, 15) is 4.21 Å². The van der Waals surface area contributed by atoms with Gasteiger partial charge in [0.05, 0.1) is 13.2 Å². The average molecular weight is 536 g/mol. The number of rotatable bonds is 9. The summed E-state index contributed by atoms with van der Waals surface area (Å²) in [4.78, 5) is 4.75. The van der Waals surface area contributed by atoms with Gasteiger partial charge in [-0.2, -0.15) is 0 Å². The van der Waals surface area contributed by atoms with Gasteiger partial charge in [0, 0.05) is 34.4 Å². The van der Waals surface area contributed by atoms with Crippen molar-refractivity contribution >= 4 is 40.7 Å². The van der Waals surface area contributed by atoms with Crippen LogP contribution in [0.3, 0.4) is 0 Å². The van der Waals surface area contributed by atoms with Gasteiger partial charge in [0.1, 0.15) is 5.75 Å². The molecule has 1 aliphatic rings. The summed E-state index contributed by atoms with van der Waals surface area (Å²) in [6.45, 7) is 10.6. The summed E-state index contributed by atoms with van der Waals surface area (Å²) >= 11 is 0. The molecule has 0 amide bonds. The Labute approximate surface area is 196 Å². The molecule has 1 saturated carbocycles. The number of hydrogen-bond acceptors (Lipinski definition) is 3. The lowest BCUT2D eigenvalue weighted by molar-refractivity contribution is 0.271. The smallest absolute Gasteiger partial charge is 0.191 e. The van der Waals surface area contributed by atoms with Crippen molar-refractivity contribution in [3.63, 3.8) is 0 Å². The minimum absolute atomic E-state index is 0. The number of nitrogens with zero attached hydrogens (tertiary/aromatic N) is 1. The molecule has 29 heavy (non-hydrogen) atoms. The molecule has 1 aromatic carbocycles. The van der Waals surface area contributed by atoms with Crippen LogP contribution in [0.5, 0.6) is 5.75 Å². The van der Waals surface area contributed by atoms with E-state index in [4.69, 9.17) is 9.73 Å². The van der Waals surface area contributed by atoms with Gasteiger partial charge in [0.2, 0.25) is 0 Å². The Balaban J connectivity index is 0.00000420. The molecule has 7 heteroatoms. The van der Waals surface area contributed by atoms with Crippen LogP contribution < -0.4 is 15.4 Å². The number of hydrogen-bond donors (Lipinski definition) is 2. The van der Waals surface area contributed by atoms with E-state index >= 15 is 0 Å². The Kier molecular flexibility index (Phi) is 12.9. The molecular weight excluding hydrogens is 497 g/mol. The maximum Gasteiger partial charge on any atom is 0.191 e. The highest BCUT2D eigenvalue weighted by molar-refractivity contribution is 14.0. The van der Waals surface area contributed by atoms with Crippen LogP contribution in [0.25, 0.3) is 0 Å². The average Bonchev–Trinajstić information content (AvgIpc) is 2.71. The quantitative estimate of drug-likeness (QED) is 0.278. The van der Waals surface area contributed by atoms with Gasteiger partial charge in [-0.1, -0.05) is 39.3 Å². The molecule has 2 rings (SSSR count). The summed E-state index contributed by atoms with van der Waals surface area (Å²) in [6, 6.07) is 8.52. The second-order valence-corrected chi connectivity index (χ2v) is 9.85. The summed E-state index contributed by atoms with van der Waals surface area (Å²) < 4.78 is 17.9. The van der Waals surface area contributed by atoms with Crippen LogP contribution in [-0.4, -0.2) is 40.4 Å². The topological polar surface area (TPSA) is 62.7 Å². The lowest BCUT2D eigenvalue weighted by atomic mass is 9.95. The molecule has 0 spiro atoms. The molecule has 1 aromatic rings. The Morgan fingerprint density at radius 1 is 1.24 bits per heavy atom. The maximum atomic E-state index is 12.2. The third-order valence-electron chi connectivity index (χ3n) is 4.89. The lowest BCUT2D eigenvalue weighted by Crippen LogP contribution is -2.46. The monoisotopic (exact) mass is 535 g/mol. The highest BCUT2D eigenvalue weighted by Gasteiger charge is 2.26. The van der Waals surface area contributed by atoms with Crippen LogP contribution >= 0.6 is 24.0 Å². The molecule has 166 valence electrons. The SMILES string of the molecule is CCNC(=NCc1ccc(OCC(C)C)cc1)NC1CCCC(S(=O)CC)C1.I. The fourth-order valence-corrected chi connectivity index (χ4v) is 4.74. The number of nitrogens with one attached hydrogen (secondary N) is 2. The summed E-state index contributed by atoms with van der Waals surface area (Å²) in [6.07, 6.45) is 4.29. The third kappa shape index (κ3) is 9.68. The molecule has 3 unspecified atom stereocenters. The van der Waals surface area contributed by atoms with Gasteiger partial charge in [-0.15, -0.1) is 24.0 Å². The van der Waals surface area contributed by atoms with Crippen molar-refractivity contribution in [3.8, 4) is 5.75 Å². The maximum absolute atomic E-state index is 12.2. The summed E-state index contributed by atoms with van der Waals surface area (Å²) in [5.41, 5.74) is 1.16. The molecule has 1 fully saturated rings. The van der Waals surface area contributed by atoms with Crippen LogP contribution in [0.15, 0.2) is 29.3 Å². The zero-order chi connectivity index (χ0) is 20.4. The minimum Gasteiger partial charge on any atom is -0.493 e. The van der Waals surface area contributed by atoms with Crippen LogP contribution in [0.2, 0.25) is 0 Å². The Morgan fingerprint density at radius 2 is 1.97 bits per heavy atom. The summed E-state index contributed by atoms with van der Waals surface area (Å²) in [5, 5.41) is 7.22. The summed E-state index contributed by atoms with van der Waals surface area (Å²) in [5.74, 6) is 3.02. The first-order chi connectivity index (χ1) is 13.5. The highest BCUT2D eigenvalue weighted by Crippen LogP contribution is 2.23. The van der Waals surface area contributed by atoms with Crippen LogP contribution in [-0.2, 0) is 17.3 Å². The third-order valence-corrected chi connectivity index (χ3v) is 6.63. The number of aliphatic imine (C=N–C) groups is 1. The van der Waals surface area contributed by atoms with E-state index in [0.29, 0.717) is 23.8 Å². The van der Waals surface area contributed by atoms with E-state index in [0.717, 1.165) is 61.9 Å². The lowest BCUT2D eigenvalue weighted by Gasteiger charge is -2.30. The molecule has 2 N–H and O–H groups in total. The van der Waals surface area contributed by atoms with Gasteiger partial charge in [-0.3, -0.25) is 4.21 Å². The standard InChI is InChI=1S/C22H37N3O2S.HI/c1-5-23-22(25-19-8-7-9-21(14-19)28(26)6-2)24-15-18-10-12-20(13-11-18)27-16-17(3)4;/h10-13,17,19,21H,5-9,14-16H2,1-4H3,(H2,23,24,25);1H. The molecule has 0 aromatic heterocycles. The number of guanidine groups is 1. The zero-order valence-electron chi connectivity index (χ0n) is 18.3. The zero-order valence-corrected chi connectivity index (χ0v) is 21.4. The largest absolute Gasteiger partial charge is 0.493 e. The molecule has 5 nitrogen and oxygen atoms in total. The van der Waals surface area contributed by atoms with E-state index in [2.05, 4.69) is 43.5 Å². The number of halogens is 1. The predicted molar refractivity (Wildman–Crippen MR) is 135 cm³/mol. The molecule has 0 aliphatic heterocycles. The van der Waals surface area contributed by atoms with Crippen LogP contribution in [0, 0.1) is 5.92 Å². The molecule has 3 atom stereocenters. The van der Waals surface area contributed by atoms with Gasteiger partial charge >= 0.3 is 0 Å². The van der Waals surface area contributed by atoms with Crippen molar-refractivity contribution in [2.45, 2.75) is 71.2 Å². The van der Waals surface area contributed by atoms with Crippen molar-refractivity contribution in [2.75, 3.05) is 18.9 Å². The van der Waals surface area contributed by atoms with Gasteiger partial charge in [0.15, 0.2) is 5.96 Å². The highest BCUT2D eigenvalue weighted by atomic mass is 127. The van der Waals surface area contributed by atoms with Gasteiger partial charge < -0.3 is 15.4 Å². The van der Waals surface area contributed by atoms with Crippen molar-refractivity contribution in [1.29, 1.82) is 0 Å². The van der Waals surface area contributed by atoms with Crippen LogP contribution in [0.4, 0.5) is 0 Å². The second-order valence-electron chi connectivity index (χ2n) is 7.84. The van der Waals surface area contributed by atoms with Crippen molar-refractivity contribution in [1.82, 2.24) is 10.6 Å².